The number of oxime groups is 1. The molecule has 7 nitrogen and oxygen atoms in total. The molecule has 1 amide bonds. The summed E-state index contributed by atoms with van der Waals surface area (Å²) in [5, 5.41) is 6.84. The summed E-state index contributed by atoms with van der Waals surface area (Å²) >= 11 is 1.86. The number of methoxy groups -OCH3 is 2. The summed E-state index contributed by atoms with van der Waals surface area (Å²) in [7, 11) is 4.41. The molecule has 36 heavy (non-hydrogen) atoms. The van der Waals surface area contributed by atoms with Crippen LogP contribution in [-0.4, -0.2) is 56.5 Å². The molecule has 0 aromatic heterocycles. The zero-order valence-corrected chi connectivity index (χ0v) is 22.5. The molecule has 2 aromatic carbocycles. The summed E-state index contributed by atoms with van der Waals surface area (Å²) in [6.45, 7) is 4.32. The normalized spacial score (nSPS) is 15.3. The van der Waals surface area contributed by atoms with Gasteiger partial charge in [-0.25, -0.2) is 4.79 Å². The van der Waals surface area contributed by atoms with E-state index in [9.17, 15) is 9.59 Å². The van der Waals surface area contributed by atoms with Gasteiger partial charge in [0.25, 0.3) is 5.91 Å². The van der Waals surface area contributed by atoms with Gasteiger partial charge in [0.05, 0.1) is 14.2 Å². The number of nitrogens with zero attached hydrogens (tertiary/aromatic N) is 1. The Hall–Kier alpha value is -3.00. The molecule has 1 aliphatic heterocycles. The smallest absolute Gasteiger partial charge is 0.328 e. The molecule has 0 aliphatic carbocycles. The third-order valence-electron chi connectivity index (χ3n) is 6.42. The van der Waals surface area contributed by atoms with E-state index in [-0.39, 0.29) is 5.92 Å². The van der Waals surface area contributed by atoms with Crippen molar-refractivity contribution in [2.45, 2.75) is 45.1 Å². The second-order valence-electron chi connectivity index (χ2n) is 9.11. The Balaban J connectivity index is 1.78. The fourth-order valence-corrected chi connectivity index (χ4v) is 5.41. The summed E-state index contributed by atoms with van der Waals surface area (Å²) in [4.78, 5) is 30.6. The second kappa shape index (κ2) is 13.3. The molecule has 0 radical (unpaired) electrons. The Morgan fingerprint density at radius 3 is 2.33 bits per heavy atom. The molecule has 1 atom stereocenters. The van der Waals surface area contributed by atoms with E-state index in [1.54, 1.807) is 7.11 Å². The van der Waals surface area contributed by atoms with Crippen LogP contribution < -0.4 is 10.1 Å². The maximum Gasteiger partial charge on any atom is 0.328 e. The molecular formula is C28H36N2O5S. The first-order valence-corrected chi connectivity index (χ1v) is 13.4. The Morgan fingerprint density at radius 2 is 1.75 bits per heavy atom. The van der Waals surface area contributed by atoms with E-state index < -0.39 is 17.9 Å². The maximum atomic E-state index is 13.1. The second-order valence-corrected chi connectivity index (χ2v) is 10.3. The minimum absolute atomic E-state index is 0.0142. The van der Waals surface area contributed by atoms with Crippen LogP contribution in [0.4, 0.5) is 0 Å². The summed E-state index contributed by atoms with van der Waals surface area (Å²) in [5.74, 6) is 2.26. The van der Waals surface area contributed by atoms with Crippen LogP contribution >= 0.6 is 11.8 Å². The first-order valence-electron chi connectivity index (χ1n) is 12.2. The molecule has 0 bridgehead atoms. The van der Waals surface area contributed by atoms with Gasteiger partial charge in [0.1, 0.15) is 24.6 Å². The lowest BCUT2D eigenvalue weighted by molar-refractivity contribution is -0.144. The monoisotopic (exact) mass is 512 g/mol. The molecule has 3 rings (SSSR count). The fourth-order valence-electron chi connectivity index (χ4n) is 4.30. The highest BCUT2D eigenvalue weighted by atomic mass is 32.2. The van der Waals surface area contributed by atoms with Crippen LogP contribution in [0.25, 0.3) is 11.1 Å². The maximum absolute atomic E-state index is 13.1. The SMILES string of the molecule is CON=C(C(=O)N[C@@H](Cc1ccc(-c2cc(C(C)C)ccc2OC)cc1)C(=O)OC)C1CCSCC1. The van der Waals surface area contributed by atoms with E-state index in [0.29, 0.717) is 18.1 Å². The standard InChI is InChI=1S/C28H36N2O5S/c1-18(2)22-10-11-25(33-3)23(17-22)20-8-6-19(7-9-20)16-24(28(32)34-4)29-27(31)26(30-35-5)21-12-14-36-15-13-21/h6-11,17-18,21,24H,12-16H2,1-5H3,(H,29,31)/t24-/m0/s1. The van der Waals surface area contributed by atoms with E-state index in [1.807, 2.05) is 42.1 Å². The van der Waals surface area contributed by atoms with Crippen LogP contribution in [0.2, 0.25) is 0 Å². The van der Waals surface area contributed by atoms with Crippen molar-refractivity contribution in [1.29, 1.82) is 0 Å². The van der Waals surface area contributed by atoms with Crippen molar-refractivity contribution in [1.82, 2.24) is 5.32 Å². The fraction of sp³-hybridized carbons (Fsp3) is 0.464. The van der Waals surface area contributed by atoms with Gasteiger partial charge in [0, 0.05) is 17.9 Å². The summed E-state index contributed by atoms with van der Waals surface area (Å²) in [6, 6.07) is 13.3. The van der Waals surface area contributed by atoms with Gasteiger partial charge >= 0.3 is 5.97 Å². The van der Waals surface area contributed by atoms with Gasteiger partial charge < -0.3 is 19.6 Å². The molecule has 194 valence electrons. The van der Waals surface area contributed by atoms with E-state index in [0.717, 1.165) is 46.8 Å². The molecule has 0 unspecified atom stereocenters. The van der Waals surface area contributed by atoms with E-state index in [1.165, 1.54) is 19.8 Å². The van der Waals surface area contributed by atoms with Crippen LogP contribution in [0.1, 0.15) is 43.7 Å². The molecule has 8 heteroatoms. The summed E-state index contributed by atoms with van der Waals surface area (Å²) in [5.41, 5.74) is 4.49. The minimum Gasteiger partial charge on any atom is -0.496 e. The number of carbonyl (C=O) groups is 2. The Kier molecular flexibility index (Phi) is 10.2. The number of hydrogen-bond donors (Lipinski definition) is 1. The van der Waals surface area contributed by atoms with Crippen molar-refractivity contribution in [3.05, 3.63) is 53.6 Å². The lowest BCUT2D eigenvalue weighted by atomic mass is 9.94. The predicted molar refractivity (Wildman–Crippen MR) is 145 cm³/mol. The highest BCUT2D eigenvalue weighted by molar-refractivity contribution is 7.99. The quantitative estimate of drug-likeness (QED) is 0.279. The summed E-state index contributed by atoms with van der Waals surface area (Å²) < 4.78 is 10.6. The van der Waals surface area contributed by atoms with Gasteiger partial charge in [0.15, 0.2) is 0 Å². The predicted octanol–water partition coefficient (Wildman–Crippen LogP) is 4.83. The Labute approximate surface area is 218 Å². The molecule has 1 heterocycles. The molecule has 1 aliphatic rings. The van der Waals surface area contributed by atoms with Crippen LogP contribution in [0.15, 0.2) is 47.6 Å². The first kappa shape index (κ1) is 27.6. The summed E-state index contributed by atoms with van der Waals surface area (Å²) in [6.07, 6.45) is 2.00. The molecule has 1 saturated heterocycles. The van der Waals surface area contributed by atoms with Gasteiger partial charge in [-0.3, -0.25) is 4.79 Å². The zero-order chi connectivity index (χ0) is 26.1. The van der Waals surface area contributed by atoms with Gasteiger partial charge in [-0.15, -0.1) is 0 Å². The highest BCUT2D eigenvalue weighted by Gasteiger charge is 2.30. The number of nitrogens with one attached hydrogen (secondary N) is 1. The van der Waals surface area contributed by atoms with Crippen molar-refractivity contribution in [3.8, 4) is 16.9 Å². The topological polar surface area (TPSA) is 86.2 Å². The van der Waals surface area contributed by atoms with Gasteiger partial charge in [-0.1, -0.05) is 49.3 Å². The van der Waals surface area contributed by atoms with Crippen LogP contribution in [0.5, 0.6) is 5.75 Å². The average molecular weight is 513 g/mol. The average Bonchev–Trinajstić information content (AvgIpc) is 2.91. The van der Waals surface area contributed by atoms with Gasteiger partial charge in [0.2, 0.25) is 0 Å². The molecule has 0 spiro atoms. The minimum atomic E-state index is -0.841. The van der Waals surface area contributed by atoms with Crippen molar-refractivity contribution < 1.29 is 23.9 Å². The van der Waals surface area contributed by atoms with E-state index in [4.69, 9.17) is 14.3 Å². The number of benzene rings is 2. The van der Waals surface area contributed by atoms with Crippen molar-refractivity contribution >= 4 is 29.4 Å². The highest BCUT2D eigenvalue weighted by Crippen LogP contribution is 2.33. The first-order chi connectivity index (χ1) is 17.4. The van der Waals surface area contributed by atoms with Crippen molar-refractivity contribution in [3.63, 3.8) is 0 Å². The number of amides is 1. The number of thioether (sulfide) groups is 1. The van der Waals surface area contributed by atoms with Gasteiger partial charge in [-0.2, -0.15) is 11.8 Å². The third-order valence-corrected chi connectivity index (χ3v) is 7.47. The number of hydrogen-bond acceptors (Lipinski definition) is 7. The zero-order valence-electron chi connectivity index (χ0n) is 21.7. The molecule has 2 aromatic rings. The van der Waals surface area contributed by atoms with Crippen LogP contribution in [0, 0.1) is 5.92 Å². The largest absolute Gasteiger partial charge is 0.496 e. The lowest BCUT2D eigenvalue weighted by Crippen LogP contribution is -2.47. The van der Waals surface area contributed by atoms with E-state index in [2.05, 4.69) is 36.5 Å². The third kappa shape index (κ3) is 7.03. The molecule has 1 N–H and O–H groups in total. The Morgan fingerprint density at radius 1 is 1.06 bits per heavy atom. The number of ether oxygens (including phenoxy) is 2. The number of esters is 1. The van der Waals surface area contributed by atoms with Crippen LogP contribution in [0.3, 0.4) is 0 Å². The van der Waals surface area contributed by atoms with E-state index >= 15 is 0 Å². The molecule has 1 fully saturated rings. The van der Waals surface area contributed by atoms with Crippen molar-refractivity contribution in [2.24, 2.45) is 11.1 Å². The molecule has 0 saturated carbocycles. The molecular weight excluding hydrogens is 476 g/mol. The lowest BCUT2D eigenvalue weighted by Gasteiger charge is -2.23. The number of carbonyl (C=O) groups excluding carboxylic acids is 2. The van der Waals surface area contributed by atoms with Crippen LogP contribution in [-0.2, 0) is 25.6 Å². The van der Waals surface area contributed by atoms with Gasteiger partial charge in [-0.05, 0) is 59.1 Å². The number of rotatable bonds is 10. The van der Waals surface area contributed by atoms with Crippen molar-refractivity contribution in [2.75, 3.05) is 32.8 Å². The Bertz CT molecular complexity index is 1060.